The highest BCUT2D eigenvalue weighted by atomic mass is 19.1. The summed E-state index contributed by atoms with van der Waals surface area (Å²) in [5.74, 6) is -2.45. The monoisotopic (exact) mass is 332 g/mol. The summed E-state index contributed by atoms with van der Waals surface area (Å²) in [6, 6.07) is 2.58. The number of carboxylic acid groups (broad SMARTS) is 1. The lowest BCUT2D eigenvalue weighted by Gasteiger charge is -2.11. The summed E-state index contributed by atoms with van der Waals surface area (Å²) in [5.41, 5.74) is 6.98. The van der Waals surface area contributed by atoms with Crippen molar-refractivity contribution in [1.82, 2.24) is 15.3 Å². The molecule has 0 unspecified atom stereocenters. The minimum atomic E-state index is -1.23. The largest absolute Gasteiger partial charge is 0.480 e. The number of nitrogens with one attached hydrogen (secondary N) is 1. The number of hydrogen-bond donors (Lipinski definition) is 3. The molecule has 4 N–H and O–H groups in total. The Balaban J connectivity index is 2.28. The number of aromatic nitrogens is 2. The number of aryl methyl sites for hydroxylation is 1. The number of benzene rings is 1. The van der Waals surface area contributed by atoms with Crippen molar-refractivity contribution in [2.45, 2.75) is 19.4 Å². The first kappa shape index (κ1) is 17.5. The maximum Gasteiger partial charge on any atom is 0.322 e. The molecule has 1 heterocycles. The standard InChI is InChI=1S/C16H17FN4O3/c1-2-13-14(20-4-3-19-13)9-5-10(7-11(17)6-9)15(22)21-8-12(18)16(23)24/h3-7,12H,2,8,18H2,1H3,(H,21,22)(H,23,24)/t12-/m1/s1. The molecule has 0 aliphatic rings. The Labute approximate surface area is 137 Å². The number of amides is 1. The predicted molar refractivity (Wildman–Crippen MR) is 84.7 cm³/mol. The van der Waals surface area contributed by atoms with Crippen LogP contribution in [0.5, 0.6) is 0 Å². The van der Waals surface area contributed by atoms with Gasteiger partial charge in [0.25, 0.3) is 5.91 Å². The van der Waals surface area contributed by atoms with Gasteiger partial charge in [0.15, 0.2) is 0 Å². The topological polar surface area (TPSA) is 118 Å². The number of carbonyl (C=O) groups is 2. The fourth-order valence-electron chi connectivity index (χ4n) is 2.12. The summed E-state index contributed by atoms with van der Waals surface area (Å²) in [5, 5.41) is 11.1. The van der Waals surface area contributed by atoms with Crippen molar-refractivity contribution in [1.29, 1.82) is 0 Å². The maximum absolute atomic E-state index is 13.9. The molecule has 1 amide bonds. The van der Waals surface area contributed by atoms with E-state index in [9.17, 15) is 14.0 Å². The second-order valence-corrected chi connectivity index (χ2v) is 5.09. The highest BCUT2D eigenvalue weighted by molar-refractivity contribution is 5.95. The SMILES string of the molecule is CCc1nccnc1-c1cc(F)cc(C(=O)NC[C@@H](N)C(=O)O)c1. The normalized spacial score (nSPS) is 11.8. The van der Waals surface area contributed by atoms with Crippen LogP contribution in [0.15, 0.2) is 30.6 Å². The zero-order valence-electron chi connectivity index (χ0n) is 13.0. The van der Waals surface area contributed by atoms with Gasteiger partial charge in [0.2, 0.25) is 0 Å². The van der Waals surface area contributed by atoms with Crippen molar-refractivity contribution in [3.05, 3.63) is 47.7 Å². The maximum atomic E-state index is 13.9. The molecule has 0 aliphatic heterocycles. The van der Waals surface area contributed by atoms with Crippen molar-refractivity contribution in [2.24, 2.45) is 5.73 Å². The summed E-state index contributed by atoms with van der Waals surface area (Å²) in [6.07, 6.45) is 3.64. The highest BCUT2D eigenvalue weighted by Gasteiger charge is 2.16. The van der Waals surface area contributed by atoms with Crippen molar-refractivity contribution in [3.63, 3.8) is 0 Å². The Morgan fingerprint density at radius 1 is 1.29 bits per heavy atom. The molecule has 0 radical (unpaired) electrons. The fourth-order valence-corrected chi connectivity index (χ4v) is 2.12. The van der Waals surface area contributed by atoms with Crippen LogP contribution in [0.25, 0.3) is 11.3 Å². The Morgan fingerprint density at radius 2 is 2.00 bits per heavy atom. The molecule has 1 atom stereocenters. The summed E-state index contributed by atoms with van der Waals surface area (Å²) < 4.78 is 13.9. The number of halogens is 1. The zero-order valence-corrected chi connectivity index (χ0v) is 13.0. The van der Waals surface area contributed by atoms with Crippen LogP contribution in [0.3, 0.4) is 0 Å². The van der Waals surface area contributed by atoms with Crippen LogP contribution < -0.4 is 11.1 Å². The number of carboxylic acids is 1. The first-order valence-electron chi connectivity index (χ1n) is 7.29. The van der Waals surface area contributed by atoms with Crippen LogP contribution >= 0.6 is 0 Å². The minimum Gasteiger partial charge on any atom is -0.480 e. The molecule has 7 nitrogen and oxygen atoms in total. The van der Waals surface area contributed by atoms with Gasteiger partial charge < -0.3 is 16.2 Å². The molecule has 2 rings (SSSR count). The molecule has 0 aliphatic carbocycles. The average Bonchev–Trinajstić information content (AvgIpc) is 2.58. The van der Waals surface area contributed by atoms with Crippen LogP contribution in [-0.2, 0) is 11.2 Å². The minimum absolute atomic E-state index is 0.0512. The third-order valence-corrected chi connectivity index (χ3v) is 3.34. The van der Waals surface area contributed by atoms with E-state index in [0.717, 1.165) is 6.07 Å². The summed E-state index contributed by atoms with van der Waals surface area (Å²) >= 11 is 0. The van der Waals surface area contributed by atoms with Crippen molar-refractivity contribution in [3.8, 4) is 11.3 Å². The number of rotatable bonds is 6. The third-order valence-electron chi connectivity index (χ3n) is 3.34. The van der Waals surface area contributed by atoms with Crippen LogP contribution in [0, 0.1) is 5.82 Å². The molecule has 1 aromatic carbocycles. The van der Waals surface area contributed by atoms with E-state index in [-0.39, 0.29) is 12.1 Å². The van der Waals surface area contributed by atoms with Crippen LogP contribution in [0.1, 0.15) is 23.0 Å². The van der Waals surface area contributed by atoms with E-state index >= 15 is 0 Å². The van der Waals surface area contributed by atoms with Gasteiger partial charge in [-0.15, -0.1) is 0 Å². The van der Waals surface area contributed by atoms with Crippen molar-refractivity contribution >= 4 is 11.9 Å². The summed E-state index contributed by atoms with van der Waals surface area (Å²) in [6.45, 7) is 1.64. The molecule has 0 fully saturated rings. The van der Waals surface area contributed by atoms with Crippen LogP contribution in [0.4, 0.5) is 4.39 Å². The van der Waals surface area contributed by atoms with Crippen molar-refractivity contribution in [2.75, 3.05) is 6.54 Å². The lowest BCUT2D eigenvalue weighted by molar-refractivity contribution is -0.138. The molecule has 0 spiro atoms. The highest BCUT2D eigenvalue weighted by Crippen LogP contribution is 2.22. The quantitative estimate of drug-likeness (QED) is 0.726. The number of nitrogens with two attached hydrogens (primary N) is 1. The van der Waals surface area contributed by atoms with Gasteiger partial charge in [0.1, 0.15) is 11.9 Å². The summed E-state index contributed by atoms with van der Waals surface area (Å²) in [4.78, 5) is 31.1. The smallest absolute Gasteiger partial charge is 0.322 e. The number of nitrogens with zero attached hydrogens (tertiary/aromatic N) is 2. The van der Waals surface area contributed by atoms with E-state index in [2.05, 4.69) is 15.3 Å². The van der Waals surface area contributed by atoms with Gasteiger partial charge in [-0.3, -0.25) is 19.6 Å². The Kier molecular flexibility index (Phi) is 5.54. The molecule has 8 heteroatoms. The predicted octanol–water partition coefficient (Wildman–Crippen LogP) is 0.987. The Morgan fingerprint density at radius 3 is 2.67 bits per heavy atom. The molecular weight excluding hydrogens is 315 g/mol. The number of aliphatic carboxylic acids is 1. The molecule has 0 saturated heterocycles. The molecule has 0 bridgehead atoms. The lowest BCUT2D eigenvalue weighted by atomic mass is 10.0. The first-order valence-corrected chi connectivity index (χ1v) is 7.29. The van der Waals surface area contributed by atoms with Gasteiger partial charge >= 0.3 is 5.97 Å². The van der Waals surface area contributed by atoms with Gasteiger partial charge in [-0.2, -0.15) is 0 Å². The van der Waals surface area contributed by atoms with E-state index < -0.39 is 23.7 Å². The van der Waals surface area contributed by atoms with Crippen molar-refractivity contribution < 1.29 is 19.1 Å². The average molecular weight is 332 g/mol. The van der Waals surface area contributed by atoms with Gasteiger partial charge in [-0.25, -0.2) is 4.39 Å². The third kappa shape index (κ3) is 4.11. The van der Waals surface area contributed by atoms with E-state index in [4.69, 9.17) is 10.8 Å². The molecule has 2 aromatic rings. The number of carbonyl (C=O) groups excluding carboxylic acids is 1. The zero-order chi connectivity index (χ0) is 17.7. The second kappa shape index (κ2) is 7.60. The molecule has 126 valence electrons. The number of hydrogen-bond acceptors (Lipinski definition) is 5. The molecular formula is C16H17FN4O3. The fraction of sp³-hybridized carbons (Fsp3) is 0.250. The Hall–Kier alpha value is -2.87. The van der Waals surface area contributed by atoms with Crippen LogP contribution in [0.2, 0.25) is 0 Å². The van der Waals surface area contributed by atoms with E-state index in [1.165, 1.54) is 18.3 Å². The Bertz CT molecular complexity index is 767. The van der Waals surface area contributed by atoms with Gasteiger partial charge in [0.05, 0.1) is 11.4 Å². The van der Waals surface area contributed by atoms with E-state index in [1.807, 2.05) is 6.92 Å². The second-order valence-electron chi connectivity index (χ2n) is 5.09. The lowest BCUT2D eigenvalue weighted by Crippen LogP contribution is -2.42. The van der Waals surface area contributed by atoms with Gasteiger partial charge in [-0.05, 0) is 24.6 Å². The molecule has 1 aromatic heterocycles. The van der Waals surface area contributed by atoms with E-state index in [1.54, 1.807) is 6.20 Å². The first-order chi connectivity index (χ1) is 11.4. The molecule has 0 saturated carbocycles. The van der Waals surface area contributed by atoms with Crippen LogP contribution in [-0.4, -0.2) is 39.5 Å². The van der Waals surface area contributed by atoms with Gasteiger partial charge in [-0.1, -0.05) is 6.92 Å². The molecule has 24 heavy (non-hydrogen) atoms. The van der Waals surface area contributed by atoms with E-state index in [0.29, 0.717) is 23.4 Å². The van der Waals surface area contributed by atoms with Gasteiger partial charge in [0, 0.05) is 30.1 Å². The summed E-state index contributed by atoms with van der Waals surface area (Å²) in [7, 11) is 0.